The molecule has 1 unspecified atom stereocenters. The fourth-order valence-corrected chi connectivity index (χ4v) is 4.31. The van der Waals surface area contributed by atoms with Crippen molar-refractivity contribution in [1.29, 1.82) is 0 Å². The van der Waals surface area contributed by atoms with E-state index in [0.29, 0.717) is 11.3 Å². The molecule has 0 radical (unpaired) electrons. The van der Waals surface area contributed by atoms with Crippen molar-refractivity contribution in [3.05, 3.63) is 59.7 Å². The SMILES string of the molecule is CC(C)(C)C1CCCC(c2ccc(N)cc2)(c2ccc(N)cc2)C1. The Morgan fingerprint density at radius 3 is 1.71 bits per heavy atom. The predicted molar refractivity (Wildman–Crippen MR) is 104 cm³/mol. The van der Waals surface area contributed by atoms with Gasteiger partial charge in [0.15, 0.2) is 0 Å². The molecule has 4 N–H and O–H groups in total. The molecule has 1 aliphatic carbocycles. The van der Waals surface area contributed by atoms with Gasteiger partial charge in [-0.1, -0.05) is 51.5 Å². The van der Waals surface area contributed by atoms with Gasteiger partial charge in [0.2, 0.25) is 0 Å². The molecule has 0 aliphatic heterocycles. The zero-order valence-electron chi connectivity index (χ0n) is 15.2. The van der Waals surface area contributed by atoms with Gasteiger partial charge in [0.1, 0.15) is 0 Å². The summed E-state index contributed by atoms with van der Waals surface area (Å²) in [4.78, 5) is 0. The van der Waals surface area contributed by atoms with Crippen LogP contribution in [-0.4, -0.2) is 0 Å². The average molecular weight is 322 g/mol. The number of anilines is 2. The van der Waals surface area contributed by atoms with Crippen molar-refractivity contribution in [3.63, 3.8) is 0 Å². The van der Waals surface area contributed by atoms with Crippen LogP contribution >= 0.6 is 0 Å². The Bertz CT molecular complexity index is 632. The van der Waals surface area contributed by atoms with Gasteiger partial charge < -0.3 is 11.5 Å². The quantitative estimate of drug-likeness (QED) is 0.730. The molecule has 0 spiro atoms. The predicted octanol–water partition coefficient (Wildman–Crippen LogP) is 5.37. The van der Waals surface area contributed by atoms with Crippen LogP contribution in [0.25, 0.3) is 0 Å². The van der Waals surface area contributed by atoms with Gasteiger partial charge in [0.05, 0.1) is 0 Å². The number of rotatable bonds is 2. The van der Waals surface area contributed by atoms with E-state index in [1.54, 1.807) is 0 Å². The molecule has 2 heteroatoms. The molecule has 1 fully saturated rings. The van der Waals surface area contributed by atoms with Crippen LogP contribution in [0.1, 0.15) is 57.6 Å². The Morgan fingerprint density at radius 2 is 1.29 bits per heavy atom. The minimum atomic E-state index is 0.0671. The maximum atomic E-state index is 5.94. The van der Waals surface area contributed by atoms with Gasteiger partial charge in [-0.05, 0) is 66.0 Å². The smallest absolute Gasteiger partial charge is 0.0314 e. The summed E-state index contributed by atoms with van der Waals surface area (Å²) < 4.78 is 0. The first-order valence-electron chi connectivity index (χ1n) is 9.03. The van der Waals surface area contributed by atoms with Crippen molar-refractivity contribution in [2.45, 2.75) is 51.9 Å². The van der Waals surface area contributed by atoms with Gasteiger partial charge in [-0.3, -0.25) is 0 Å². The number of benzene rings is 2. The van der Waals surface area contributed by atoms with Crippen molar-refractivity contribution < 1.29 is 0 Å². The standard InChI is InChI=1S/C22H30N2/c1-21(2,3)18-5-4-14-22(15-18,16-6-10-19(23)11-7-16)17-8-12-20(24)13-9-17/h6-13,18H,4-5,14-15,23-24H2,1-3H3. The van der Waals surface area contributed by atoms with E-state index in [4.69, 9.17) is 11.5 Å². The second kappa shape index (κ2) is 6.16. The minimum Gasteiger partial charge on any atom is -0.399 e. The van der Waals surface area contributed by atoms with Crippen molar-refractivity contribution >= 4 is 11.4 Å². The molecule has 0 aromatic heterocycles. The normalized spacial score (nSPS) is 20.7. The highest BCUT2D eigenvalue weighted by atomic mass is 14.6. The summed E-state index contributed by atoms with van der Waals surface area (Å²) >= 11 is 0. The van der Waals surface area contributed by atoms with E-state index >= 15 is 0 Å². The third kappa shape index (κ3) is 3.15. The molecule has 0 heterocycles. The average Bonchev–Trinajstić information content (AvgIpc) is 2.55. The monoisotopic (exact) mass is 322 g/mol. The van der Waals surface area contributed by atoms with E-state index in [1.807, 2.05) is 24.3 Å². The van der Waals surface area contributed by atoms with E-state index < -0.39 is 0 Å². The van der Waals surface area contributed by atoms with Crippen molar-refractivity contribution in [3.8, 4) is 0 Å². The molecule has 24 heavy (non-hydrogen) atoms. The highest BCUT2D eigenvalue weighted by molar-refractivity contribution is 5.49. The highest BCUT2D eigenvalue weighted by Gasteiger charge is 2.42. The summed E-state index contributed by atoms with van der Waals surface area (Å²) in [6.45, 7) is 7.12. The number of hydrogen-bond acceptors (Lipinski definition) is 2. The molecule has 0 saturated heterocycles. The minimum absolute atomic E-state index is 0.0671. The summed E-state index contributed by atoms with van der Waals surface area (Å²) in [7, 11) is 0. The number of nitrogen functional groups attached to an aromatic ring is 2. The summed E-state index contributed by atoms with van der Waals surface area (Å²) in [6, 6.07) is 17.0. The Hall–Kier alpha value is -1.96. The number of hydrogen-bond donors (Lipinski definition) is 2. The topological polar surface area (TPSA) is 52.0 Å². The van der Waals surface area contributed by atoms with Crippen LogP contribution in [0.2, 0.25) is 0 Å². The molecule has 0 bridgehead atoms. The largest absolute Gasteiger partial charge is 0.399 e. The van der Waals surface area contributed by atoms with Crippen LogP contribution in [-0.2, 0) is 5.41 Å². The third-order valence-electron chi connectivity index (χ3n) is 5.90. The molecule has 1 aliphatic rings. The Balaban J connectivity index is 2.10. The van der Waals surface area contributed by atoms with Crippen LogP contribution in [0.5, 0.6) is 0 Å². The third-order valence-corrected chi connectivity index (χ3v) is 5.90. The zero-order chi connectivity index (χ0) is 17.4. The molecule has 0 amide bonds. The van der Waals surface area contributed by atoms with Gasteiger partial charge in [-0.2, -0.15) is 0 Å². The lowest BCUT2D eigenvalue weighted by Gasteiger charge is -2.46. The van der Waals surface area contributed by atoms with Crippen molar-refractivity contribution in [2.24, 2.45) is 11.3 Å². The Morgan fingerprint density at radius 1 is 0.833 bits per heavy atom. The fraction of sp³-hybridized carbons (Fsp3) is 0.455. The van der Waals surface area contributed by atoms with Crippen molar-refractivity contribution in [2.75, 3.05) is 11.5 Å². The van der Waals surface area contributed by atoms with Crippen LogP contribution in [0.4, 0.5) is 11.4 Å². The summed E-state index contributed by atoms with van der Waals surface area (Å²) in [5.74, 6) is 0.710. The molecule has 3 rings (SSSR count). The molecule has 2 aromatic rings. The second-order valence-corrected chi connectivity index (χ2v) is 8.49. The van der Waals surface area contributed by atoms with Gasteiger partial charge >= 0.3 is 0 Å². The fourth-order valence-electron chi connectivity index (χ4n) is 4.31. The van der Waals surface area contributed by atoms with E-state index in [1.165, 1.54) is 36.8 Å². The van der Waals surface area contributed by atoms with E-state index in [0.717, 1.165) is 11.4 Å². The summed E-state index contributed by atoms with van der Waals surface area (Å²) in [5.41, 5.74) is 16.7. The van der Waals surface area contributed by atoms with Crippen molar-refractivity contribution in [1.82, 2.24) is 0 Å². The maximum absolute atomic E-state index is 5.94. The molecule has 2 nitrogen and oxygen atoms in total. The van der Waals surface area contributed by atoms with Gasteiger partial charge in [-0.25, -0.2) is 0 Å². The first-order valence-corrected chi connectivity index (χ1v) is 9.03. The van der Waals surface area contributed by atoms with Crippen LogP contribution in [0.15, 0.2) is 48.5 Å². The maximum Gasteiger partial charge on any atom is 0.0314 e. The van der Waals surface area contributed by atoms with E-state index in [-0.39, 0.29) is 5.41 Å². The highest BCUT2D eigenvalue weighted by Crippen LogP contribution is 2.51. The molecular formula is C22H30N2. The molecule has 1 atom stereocenters. The first-order chi connectivity index (χ1) is 11.3. The van der Waals surface area contributed by atoms with E-state index in [2.05, 4.69) is 45.0 Å². The van der Waals surface area contributed by atoms with Gasteiger partial charge in [-0.15, -0.1) is 0 Å². The van der Waals surface area contributed by atoms with Crippen LogP contribution < -0.4 is 11.5 Å². The van der Waals surface area contributed by atoms with Gasteiger partial charge in [0.25, 0.3) is 0 Å². The van der Waals surface area contributed by atoms with Gasteiger partial charge in [0, 0.05) is 16.8 Å². The van der Waals surface area contributed by atoms with E-state index in [9.17, 15) is 0 Å². The first kappa shape index (κ1) is 16.9. The summed E-state index contributed by atoms with van der Waals surface area (Å²) in [5, 5.41) is 0. The Labute approximate surface area is 146 Å². The molecule has 2 aromatic carbocycles. The summed E-state index contributed by atoms with van der Waals surface area (Å²) in [6.07, 6.45) is 4.95. The van der Waals surface area contributed by atoms with Crippen LogP contribution in [0, 0.1) is 11.3 Å². The second-order valence-electron chi connectivity index (χ2n) is 8.49. The zero-order valence-corrected chi connectivity index (χ0v) is 15.2. The lowest BCUT2D eigenvalue weighted by atomic mass is 9.58. The molecule has 128 valence electrons. The Kier molecular flexibility index (Phi) is 4.33. The molecule has 1 saturated carbocycles. The lowest BCUT2D eigenvalue weighted by molar-refractivity contribution is 0.137. The molecular weight excluding hydrogens is 292 g/mol. The lowest BCUT2D eigenvalue weighted by Crippen LogP contribution is -2.38. The van der Waals surface area contributed by atoms with Crippen LogP contribution in [0.3, 0.4) is 0 Å². The number of nitrogens with two attached hydrogens (primary N) is 2.